The number of methoxy groups -OCH3 is 1. The van der Waals surface area contributed by atoms with Gasteiger partial charge in [-0.15, -0.1) is 0 Å². The first kappa shape index (κ1) is 11.8. The third-order valence-corrected chi connectivity index (χ3v) is 1.80. The molecule has 1 unspecified atom stereocenters. The van der Waals surface area contributed by atoms with Gasteiger partial charge in [0.25, 0.3) is 0 Å². The van der Waals surface area contributed by atoms with E-state index in [2.05, 4.69) is 9.73 Å². The maximum Gasteiger partial charge on any atom is 0.307 e. The molecule has 0 spiro atoms. The minimum atomic E-state index is -0.363. The molecule has 0 fully saturated rings. The molecule has 0 aliphatic carbocycles. The summed E-state index contributed by atoms with van der Waals surface area (Å²) in [7, 11) is 1.31. The van der Waals surface area contributed by atoms with E-state index in [9.17, 15) is 9.59 Å². The molecule has 0 aromatic rings. The highest BCUT2D eigenvalue weighted by molar-refractivity contribution is 5.70. The Morgan fingerprint density at radius 2 is 2.08 bits per heavy atom. The van der Waals surface area contributed by atoms with E-state index in [-0.39, 0.29) is 23.8 Å². The van der Waals surface area contributed by atoms with Gasteiger partial charge in [0.05, 0.1) is 19.6 Å². The lowest BCUT2D eigenvalue weighted by Gasteiger charge is -2.24. The highest BCUT2D eigenvalue weighted by Gasteiger charge is 2.26. The van der Waals surface area contributed by atoms with Crippen LogP contribution in [0.2, 0.25) is 0 Å². The first-order chi connectivity index (χ1) is 5.91. The molecule has 13 heavy (non-hydrogen) atoms. The molecule has 0 rings (SSSR count). The number of aliphatic imine (C=N–C) groups is 1. The smallest absolute Gasteiger partial charge is 0.307 e. The van der Waals surface area contributed by atoms with Crippen molar-refractivity contribution in [1.82, 2.24) is 0 Å². The fourth-order valence-corrected chi connectivity index (χ4v) is 0.850. The van der Waals surface area contributed by atoms with Crippen molar-refractivity contribution in [3.63, 3.8) is 0 Å². The number of isocyanates is 1. The fourth-order valence-electron chi connectivity index (χ4n) is 0.850. The van der Waals surface area contributed by atoms with Gasteiger partial charge >= 0.3 is 5.97 Å². The van der Waals surface area contributed by atoms with Gasteiger partial charge in [-0.2, -0.15) is 0 Å². The lowest BCUT2D eigenvalue weighted by atomic mass is 9.85. The number of hydrogen-bond donors (Lipinski definition) is 0. The second kappa shape index (κ2) is 4.77. The Morgan fingerprint density at radius 3 is 2.38 bits per heavy atom. The van der Waals surface area contributed by atoms with Crippen molar-refractivity contribution < 1.29 is 14.3 Å². The van der Waals surface area contributed by atoms with Gasteiger partial charge in [0.15, 0.2) is 0 Å². The number of rotatable bonds is 3. The predicted molar refractivity (Wildman–Crippen MR) is 48.0 cm³/mol. The molecule has 0 bridgehead atoms. The third kappa shape index (κ3) is 4.43. The standard InChI is InChI=1S/C9H15NO3/c1-9(2,3)7(10-6-11)5-8(12)13-4/h7H,5H2,1-4H3. The van der Waals surface area contributed by atoms with E-state index < -0.39 is 0 Å². The van der Waals surface area contributed by atoms with Gasteiger partial charge in [-0.3, -0.25) is 4.79 Å². The van der Waals surface area contributed by atoms with Gasteiger partial charge in [0, 0.05) is 0 Å². The topological polar surface area (TPSA) is 55.7 Å². The highest BCUT2D eigenvalue weighted by Crippen LogP contribution is 2.24. The van der Waals surface area contributed by atoms with E-state index >= 15 is 0 Å². The molecule has 0 radical (unpaired) electrons. The van der Waals surface area contributed by atoms with Gasteiger partial charge < -0.3 is 4.74 Å². The van der Waals surface area contributed by atoms with Crippen LogP contribution in [0.1, 0.15) is 27.2 Å². The van der Waals surface area contributed by atoms with Crippen molar-refractivity contribution in [2.24, 2.45) is 10.4 Å². The normalized spacial score (nSPS) is 12.9. The van der Waals surface area contributed by atoms with Crippen LogP contribution in [-0.2, 0) is 14.3 Å². The number of carbonyl (C=O) groups is 1. The zero-order valence-electron chi connectivity index (χ0n) is 8.46. The van der Waals surface area contributed by atoms with Crippen molar-refractivity contribution in [2.45, 2.75) is 33.2 Å². The van der Waals surface area contributed by atoms with Gasteiger partial charge in [-0.25, -0.2) is 9.79 Å². The van der Waals surface area contributed by atoms with E-state index in [1.165, 1.54) is 13.2 Å². The number of nitrogens with zero attached hydrogens (tertiary/aromatic N) is 1. The van der Waals surface area contributed by atoms with Gasteiger partial charge in [0.1, 0.15) is 0 Å². The molecule has 4 nitrogen and oxygen atoms in total. The zero-order chi connectivity index (χ0) is 10.5. The average molecular weight is 185 g/mol. The molecule has 0 aromatic heterocycles. The Hall–Kier alpha value is -1.15. The van der Waals surface area contributed by atoms with Crippen molar-refractivity contribution in [1.29, 1.82) is 0 Å². The minimum absolute atomic E-state index is 0.120. The van der Waals surface area contributed by atoms with Crippen LogP contribution in [0.15, 0.2) is 4.99 Å². The summed E-state index contributed by atoms with van der Waals surface area (Å²) in [4.78, 5) is 24.6. The maximum absolute atomic E-state index is 10.9. The van der Waals surface area contributed by atoms with Crippen molar-refractivity contribution >= 4 is 12.0 Å². The number of hydrogen-bond acceptors (Lipinski definition) is 4. The minimum Gasteiger partial charge on any atom is -0.469 e. The van der Waals surface area contributed by atoms with E-state index in [1.54, 1.807) is 0 Å². The maximum atomic E-state index is 10.9. The summed E-state index contributed by atoms with van der Waals surface area (Å²) in [6.07, 6.45) is 1.59. The third-order valence-electron chi connectivity index (χ3n) is 1.80. The first-order valence-corrected chi connectivity index (χ1v) is 4.05. The molecule has 0 N–H and O–H groups in total. The van der Waals surface area contributed by atoms with Crippen LogP contribution < -0.4 is 0 Å². The molecular formula is C9H15NO3. The number of carbonyl (C=O) groups excluding carboxylic acids is 2. The molecule has 0 aromatic carbocycles. The quantitative estimate of drug-likeness (QED) is 0.378. The monoisotopic (exact) mass is 185 g/mol. The van der Waals surface area contributed by atoms with Gasteiger partial charge in [0.2, 0.25) is 6.08 Å². The van der Waals surface area contributed by atoms with Crippen LogP contribution in [0.4, 0.5) is 0 Å². The fraction of sp³-hybridized carbons (Fsp3) is 0.778. The van der Waals surface area contributed by atoms with Crippen LogP contribution in [0.25, 0.3) is 0 Å². The number of ether oxygens (including phenoxy) is 1. The molecule has 0 aliphatic heterocycles. The molecule has 0 aliphatic rings. The van der Waals surface area contributed by atoms with Crippen LogP contribution in [0.5, 0.6) is 0 Å². The molecule has 0 heterocycles. The Bertz CT molecular complexity index is 224. The first-order valence-electron chi connectivity index (χ1n) is 4.05. The summed E-state index contributed by atoms with van der Waals surface area (Å²) >= 11 is 0. The lowest BCUT2D eigenvalue weighted by molar-refractivity contribution is -0.141. The molecule has 0 saturated heterocycles. The molecule has 1 atom stereocenters. The Kier molecular flexibility index (Phi) is 4.35. The highest BCUT2D eigenvalue weighted by atomic mass is 16.5. The SMILES string of the molecule is COC(=O)CC(N=C=O)C(C)(C)C. The summed E-state index contributed by atoms with van der Waals surface area (Å²) in [6, 6.07) is -0.363. The second-order valence-electron chi connectivity index (χ2n) is 3.88. The summed E-state index contributed by atoms with van der Waals surface area (Å²) in [5, 5.41) is 0. The summed E-state index contributed by atoms with van der Waals surface area (Å²) in [5.74, 6) is -0.362. The number of esters is 1. The summed E-state index contributed by atoms with van der Waals surface area (Å²) in [6.45, 7) is 5.71. The summed E-state index contributed by atoms with van der Waals surface area (Å²) < 4.78 is 4.49. The Morgan fingerprint density at radius 1 is 1.54 bits per heavy atom. The molecule has 0 saturated carbocycles. The molecule has 0 amide bonds. The van der Waals surface area contributed by atoms with Crippen LogP contribution >= 0.6 is 0 Å². The Balaban J connectivity index is 4.45. The largest absolute Gasteiger partial charge is 0.469 e. The predicted octanol–water partition coefficient (Wildman–Crippen LogP) is 1.30. The van der Waals surface area contributed by atoms with Crippen molar-refractivity contribution in [2.75, 3.05) is 7.11 Å². The molecule has 4 heteroatoms. The summed E-state index contributed by atoms with van der Waals surface area (Å²) in [5.41, 5.74) is -0.231. The Labute approximate surface area is 78.0 Å². The van der Waals surface area contributed by atoms with Crippen LogP contribution in [0.3, 0.4) is 0 Å². The van der Waals surface area contributed by atoms with Crippen molar-refractivity contribution in [3.8, 4) is 0 Å². The van der Waals surface area contributed by atoms with E-state index in [0.29, 0.717) is 0 Å². The molecular weight excluding hydrogens is 170 g/mol. The second-order valence-corrected chi connectivity index (χ2v) is 3.88. The average Bonchev–Trinajstić information content (AvgIpc) is 2.01. The van der Waals surface area contributed by atoms with E-state index in [4.69, 9.17) is 0 Å². The lowest BCUT2D eigenvalue weighted by Crippen LogP contribution is -2.27. The van der Waals surface area contributed by atoms with E-state index in [0.717, 1.165) is 0 Å². The van der Waals surface area contributed by atoms with Crippen LogP contribution in [-0.4, -0.2) is 25.2 Å². The van der Waals surface area contributed by atoms with Gasteiger partial charge in [-0.05, 0) is 5.41 Å². The van der Waals surface area contributed by atoms with Crippen LogP contribution in [0, 0.1) is 5.41 Å². The van der Waals surface area contributed by atoms with Crippen molar-refractivity contribution in [3.05, 3.63) is 0 Å². The zero-order valence-corrected chi connectivity index (χ0v) is 8.46. The van der Waals surface area contributed by atoms with Gasteiger partial charge in [-0.1, -0.05) is 20.8 Å². The molecule has 74 valence electrons. The van der Waals surface area contributed by atoms with E-state index in [1.807, 2.05) is 20.8 Å².